The highest BCUT2D eigenvalue weighted by molar-refractivity contribution is 6.35. The molecule has 224 valence electrons. The molecule has 3 rings (SSSR count). The molecule has 0 aromatic heterocycles. The number of hydrazine groups is 1. The van der Waals surface area contributed by atoms with Gasteiger partial charge in [-0.25, -0.2) is 14.8 Å². The molecule has 1 aliphatic heterocycles. The summed E-state index contributed by atoms with van der Waals surface area (Å²) >= 11 is 0. The van der Waals surface area contributed by atoms with Crippen LogP contribution in [0.3, 0.4) is 0 Å². The second kappa shape index (κ2) is 13.8. The average Bonchev–Trinajstić information content (AvgIpc) is 2.96. The van der Waals surface area contributed by atoms with E-state index in [-0.39, 0.29) is 18.7 Å². The van der Waals surface area contributed by atoms with E-state index in [0.29, 0.717) is 22.6 Å². The van der Waals surface area contributed by atoms with Gasteiger partial charge in [-0.2, -0.15) is 0 Å². The van der Waals surface area contributed by atoms with Crippen LogP contribution in [0.1, 0.15) is 31.9 Å². The van der Waals surface area contributed by atoms with Crippen LogP contribution >= 0.6 is 0 Å². The van der Waals surface area contributed by atoms with Gasteiger partial charge in [0.15, 0.2) is 11.5 Å². The molecule has 0 saturated carbocycles. The minimum atomic E-state index is -1.76. The molecule has 2 atom stereocenters. The number of carboxylic acids is 1. The summed E-state index contributed by atoms with van der Waals surface area (Å²) in [6.45, 7) is 4.27. The maximum Gasteiger partial charge on any atom is 0.374 e. The fraction of sp³-hybridized carbons (Fsp3) is 0.367. The smallest absolute Gasteiger partial charge is 0.374 e. The zero-order chi connectivity index (χ0) is 31.1. The Bertz CT molecular complexity index is 1370. The van der Waals surface area contributed by atoms with Gasteiger partial charge in [-0.3, -0.25) is 19.2 Å². The third kappa shape index (κ3) is 6.60. The minimum absolute atomic E-state index is 0.0359. The number of aliphatic carboxylic acids is 1. The number of carbonyl (C=O) groups is 5. The lowest BCUT2D eigenvalue weighted by atomic mass is 9.96. The maximum atomic E-state index is 14.4. The van der Waals surface area contributed by atoms with Crippen molar-refractivity contribution in [3.8, 4) is 11.5 Å². The Morgan fingerprint density at radius 1 is 0.976 bits per heavy atom. The van der Waals surface area contributed by atoms with Crippen LogP contribution in [-0.2, 0) is 35.1 Å². The van der Waals surface area contributed by atoms with Gasteiger partial charge in [-0.05, 0) is 29.7 Å². The van der Waals surface area contributed by atoms with Crippen molar-refractivity contribution in [3.63, 3.8) is 0 Å². The van der Waals surface area contributed by atoms with Crippen LogP contribution in [0.15, 0.2) is 54.7 Å². The number of nitrogens with zero attached hydrogens (tertiary/aromatic N) is 3. The summed E-state index contributed by atoms with van der Waals surface area (Å²) in [4.78, 5) is 67.3. The van der Waals surface area contributed by atoms with E-state index in [1.54, 1.807) is 62.4 Å². The van der Waals surface area contributed by atoms with Gasteiger partial charge in [0.1, 0.15) is 18.7 Å². The van der Waals surface area contributed by atoms with Crippen LogP contribution in [0, 0.1) is 5.92 Å². The number of carbonyl (C=O) groups excluding carboxylic acids is 4. The van der Waals surface area contributed by atoms with Gasteiger partial charge < -0.3 is 24.2 Å². The molecule has 0 bridgehead atoms. The van der Waals surface area contributed by atoms with Gasteiger partial charge in [0, 0.05) is 32.2 Å². The Hall–Kier alpha value is -4.71. The van der Waals surface area contributed by atoms with E-state index in [2.05, 4.69) is 0 Å². The average molecular weight is 582 g/mol. The fourth-order valence-corrected chi connectivity index (χ4v) is 4.85. The third-order valence-corrected chi connectivity index (χ3v) is 6.74. The minimum Gasteiger partial charge on any atom is -0.493 e. The second-order valence-electron chi connectivity index (χ2n) is 9.90. The molecule has 0 fully saturated rings. The largest absolute Gasteiger partial charge is 0.493 e. The number of methoxy groups -OCH3 is 3. The molecule has 42 heavy (non-hydrogen) atoms. The molecule has 1 heterocycles. The zero-order valence-electron chi connectivity index (χ0n) is 24.4. The lowest BCUT2D eigenvalue weighted by Crippen LogP contribution is -2.64. The lowest BCUT2D eigenvalue weighted by molar-refractivity contribution is -0.171. The molecule has 12 heteroatoms. The summed E-state index contributed by atoms with van der Waals surface area (Å²) < 4.78 is 15.8. The number of ketones is 1. The summed E-state index contributed by atoms with van der Waals surface area (Å²) in [5.74, 6) is -4.81. The van der Waals surface area contributed by atoms with E-state index in [1.807, 2.05) is 0 Å². The summed E-state index contributed by atoms with van der Waals surface area (Å²) in [5.41, 5.74) is 0.932. The Morgan fingerprint density at radius 2 is 1.62 bits per heavy atom. The summed E-state index contributed by atoms with van der Waals surface area (Å²) in [7, 11) is 4.23. The molecule has 0 aliphatic carbocycles. The Labute approximate surface area is 244 Å². The first-order chi connectivity index (χ1) is 20.0. The van der Waals surface area contributed by atoms with Crippen molar-refractivity contribution in [1.29, 1.82) is 0 Å². The van der Waals surface area contributed by atoms with Crippen LogP contribution in [0.4, 0.5) is 0 Å². The third-order valence-electron chi connectivity index (χ3n) is 6.74. The molecule has 0 saturated heterocycles. The van der Waals surface area contributed by atoms with Gasteiger partial charge in [-0.15, -0.1) is 0 Å². The van der Waals surface area contributed by atoms with Crippen molar-refractivity contribution in [3.05, 3.63) is 65.9 Å². The maximum absolute atomic E-state index is 14.4. The van der Waals surface area contributed by atoms with Crippen LogP contribution in [0.5, 0.6) is 11.5 Å². The molecule has 1 N–H and O–H groups in total. The number of ether oxygens (including phenoxy) is 3. The van der Waals surface area contributed by atoms with Crippen molar-refractivity contribution in [2.75, 3.05) is 27.9 Å². The van der Waals surface area contributed by atoms with Crippen molar-refractivity contribution >= 4 is 35.2 Å². The Balaban J connectivity index is 2.34. The SMILES string of the molecule is COCC(=O)N1C=C(c2ccc(OC)c(OC)c2)N(N(C(C)=O)[C@@H](Cc2ccccc2)C(=O)C(=O)O)C(=O)C1C(C)C. The van der Waals surface area contributed by atoms with Gasteiger partial charge in [0.05, 0.1) is 19.9 Å². The first-order valence-electron chi connectivity index (χ1n) is 13.2. The van der Waals surface area contributed by atoms with E-state index in [0.717, 1.165) is 16.9 Å². The number of amides is 3. The molecular formula is C30H35N3O9. The van der Waals surface area contributed by atoms with Gasteiger partial charge in [0.2, 0.25) is 5.91 Å². The molecule has 0 spiro atoms. The summed E-state index contributed by atoms with van der Waals surface area (Å²) in [6, 6.07) is 10.6. The standard InChI is InChI=1S/C30H35N3O9/c1-18(2)27-29(37)33(32(19(3)34)22(28(36)30(38)39)14-20-10-8-7-9-11-20)23(16-31(27)26(35)17-40-4)21-12-13-24(41-5)25(15-21)42-6/h7-13,15-16,18,22,27H,14,17H2,1-6H3,(H,38,39)/t22-,27?/m0/s1. The number of carboxylic acid groups (broad SMARTS) is 1. The van der Waals surface area contributed by atoms with Gasteiger partial charge in [-0.1, -0.05) is 44.2 Å². The Morgan fingerprint density at radius 3 is 2.14 bits per heavy atom. The molecule has 0 radical (unpaired) electrons. The normalized spacial score (nSPS) is 15.6. The van der Waals surface area contributed by atoms with Crippen molar-refractivity contribution < 1.29 is 43.3 Å². The summed E-state index contributed by atoms with van der Waals surface area (Å²) in [6.07, 6.45) is 1.21. The number of hydrogen-bond donors (Lipinski definition) is 1. The first kappa shape index (κ1) is 31.8. The van der Waals surface area contributed by atoms with Crippen molar-refractivity contribution in [2.45, 2.75) is 39.3 Å². The van der Waals surface area contributed by atoms with Crippen molar-refractivity contribution in [1.82, 2.24) is 14.9 Å². The Kier molecular flexibility index (Phi) is 10.4. The fourth-order valence-electron chi connectivity index (χ4n) is 4.85. The van der Waals surface area contributed by atoms with E-state index in [9.17, 15) is 29.1 Å². The molecule has 1 aliphatic rings. The molecule has 2 aromatic rings. The van der Waals surface area contributed by atoms with Crippen LogP contribution in [0.2, 0.25) is 0 Å². The van der Waals surface area contributed by atoms with Crippen molar-refractivity contribution in [2.24, 2.45) is 5.92 Å². The van der Waals surface area contributed by atoms with E-state index < -0.39 is 47.5 Å². The molecular weight excluding hydrogens is 546 g/mol. The van der Waals surface area contributed by atoms with E-state index >= 15 is 0 Å². The summed E-state index contributed by atoms with van der Waals surface area (Å²) in [5, 5.41) is 11.6. The van der Waals surface area contributed by atoms with Crippen LogP contribution in [0.25, 0.3) is 5.70 Å². The number of benzene rings is 2. The highest BCUT2D eigenvalue weighted by atomic mass is 16.5. The second-order valence-corrected chi connectivity index (χ2v) is 9.90. The topological polar surface area (TPSA) is 143 Å². The predicted molar refractivity (Wildman–Crippen MR) is 151 cm³/mol. The zero-order valence-corrected chi connectivity index (χ0v) is 24.4. The lowest BCUT2D eigenvalue weighted by Gasteiger charge is -2.46. The van der Waals surface area contributed by atoms with Gasteiger partial charge >= 0.3 is 5.97 Å². The number of rotatable bonds is 12. The van der Waals surface area contributed by atoms with E-state index in [1.165, 1.54) is 32.4 Å². The molecule has 12 nitrogen and oxygen atoms in total. The van der Waals surface area contributed by atoms with Gasteiger partial charge in [0.25, 0.3) is 17.6 Å². The number of hydrogen-bond acceptors (Lipinski definition) is 8. The number of Topliss-reactive ketones (excluding diaryl/α,β-unsaturated/α-hetero) is 1. The molecule has 2 aromatic carbocycles. The van der Waals surface area contributed by atoms with Crippen LogP contribution in [-0.4, -0.2) is 89.5 Å². The molecule has 3 amide bonds. The first-order valence-corrected chi connectivity index (χ1v) is 13.2. The highest BCUT2D eigenvalue weighted by Crippen LogP contribution is 2.37. The molecule has 1 unspecified atom stereocenters. The monoisotopic (exact) mass is 581 g/mol. The predicted octanol–water partition coefficient (Wildman–Crippen LogP) is 2.37. The van der Waals surface area contributed by atoms with Crippen LogP contribution < -0.4 is 9.47 Å². The highest BCUT2D eigenvalue weighted by Gasteiger charge is 2.47. The quantitative estimate of drug-likeness (QED) is 0.374. The van der Waals surface area contributed by atoms with E-state index in [4.69, 9.17) is 14.2 Å².